The van der Waals surface area contributed by atoms with Crippen LogP contribution in [0.25, 0.3) is 10.9 Å². The fourth-order valence-corrected chi connectivity index (χ4v) is 2.21. The monoisotopic (exact) mass is 311 g/mol. The third-order valence-corrected chi connectivity index (χ3v) is 3.37. The van der Waals surface area contributed by atoms with E-state index in [9.17, 15) is 4.79 Å². The number of hydrogen-bond donors (Lipinski definition) is 1. The summed E-state index contributed by atoms with van der Waals surface area (Å²) >= 11 is 0. The lowest BCUT2D eigenvalue weighted by Gasteiger charge is -2.15. The molecule has 0 spiro atoms. The third kappa shape index (κ3) is 3.31. The number of hydrogen-bond acceptors (Lipinski definition) is 5. The highest BCUT2D eigenvalue weighted by Crippen LogP contribution is 2.25. The van der Waals surface area contributed by atoms with Crippen molar-refractivity contribution in [2.75, 3.05) is 5.32 Å². The zero-order chi connectivity index (χ0) is 16.4. The lowest BCUT2D eigenvalue weighted by molar-refractivity contribution is -0.122. The van der Waals surface area contributed by atoms with Gasteiger partial charge in [0.2, 0.25) is 0 Å². The molecule has 0 fully saturated rings. The molecule has 0 aliphatic carbocycles. The number of pyridine rings is 1. The molecule has 1 N–H and O–H groups in total. The Bertz CT molecular complexity index is 857. The van der Waals surface area contributed by atoms with Gasteiger partial charge in [0.1, 0.15) is 17.0 Å². The Morgan fingerprint density at radius 2 is 2.09 bits per heavy atom. The predicted molar refractivity (Wildman–Crippen MR) is 86.4 cm³/mol. The van der Waals surface area contributed by atoms with Crippen LogP contribution in [-0.2, 0) is 4.79 Å². The quantitative estimate of drug-likeness (QED) is 0.800. The van der Waals surface area contributed by atoms with Crippen LogP contribution in [0.15, 0.2) is 40.9 Å². The fourth-order valence-electron chi connectivity index (χ4n) is 2.21. The maximum absolute atomic E-state index is 12.2. The minimum atomic E-state index is -0.695. The molecule has 0 aliphatic rings. The predicted octanol–water partition coefficient (Wildman–Crippen LogP) is 3.25. The highest BCUT2D eigenvalue weighted by Gasteiger charge is 2.18. The van der Waals surface area contributed by atoms with E-state index in [1.54, 1.807) is 26.0 Å². The number of carbonyl (C=O) groups is 1. The number of anilines is 1. The molecular formula is C17H17N3O3. The minimum Gasteiger partial charge on any atom is -0.479 e. The lowest BCUT2D eigenvalue weighted by atomic mass is 10.2. The number of aromatic nitrogens is 2. The zero-order valence-corrected chi connectivity index (χ0v) is 13.2. The van der Waals surface area contributed by atoms with Crippen LogP contribution in [0, 0.1) is 13.8 Å². The molecule has 1 amide bonds. The number of amides is 1. The topological polar surface area (TPSA) is 77.2 Å². The van der Waals surface area contributed by atoms with E-state index in [1.165, 1.54) is 0 Å². The molecule has 0 aliphatic heterocycles. The van der Waals surface area contributed by atoms with Crippen molar-refractivity contribution < 1.29 is 14.1 Å². The number of aryl methyl sites for hydroxylation is 2. The molecule has 23 heavy (non-hydrogen) atoms. The van der Waals surface area contributed by atoms with Gasteiger partial charge in [-0.05, 0) is 32.9 Å². The number of benzene rings is 1. The number of para-hydroxylation sites is 1. The summed E-state index contributed by atoms with van der Waals surface area (Å²) in [5, 5.41) is 7.35. The molecule has 1 aromatic carbocycles. The molecule has 1 atom stereocenters. The van der Waals surface area contributed by atoms with Crippen LogP contribution in [0.3, 0.4) is 0 Å². The number of nitrogens with zero attached hydrogens (tertiary/aromatic N) is 2. The average Bonchev–Trinajstić information content (AvgIpc) is 2.93. The van der Waals surface area contributed by atoms with E-state index in [1.807, 2.05) is 31.2 Å². The Hall–Kier alpha value is -2.89. The first kappa shape index (κ1) is 15.0. The fraction of sp³-hybridized carbons (Fsp3) is 0.235. The number of ether oxygens (including phenoxy) is 1. The normalized spacial score (nSPS) is 12.1. The Labute approximate surface area is 133 Å². The van der Waals surface area contributed by atoms with E-state index in [2.05, 4.69) is 15.5 Å². The number of rotatable bonds is 4. The standard InChI is InChI=1S/C17H17N3O3/c1-10-7-8-13-5-4-6-14(16(13)18-10)22-12(3)17(21)19-15-9-11(2)23-20-15/h4-9,12H,1-3H3,(H,19,20,21)/t12-/m0/s1. The molecule has 2 heterocycles. The molecule has 0 bridgehead atoms. The summed E-state index contributed by atoms with van der Waals surface area (Å²) in [6, 6.07) is 11.2. The third-order valence-electron chi connectivity index (χ3n) is 3.37. The highest BCUT2D eigenvalue weighted by atomic mass is 16.5. The van der Waals surface area contributed by atoms with Gasteiger partial charge in [0.25, 0.3) is 5.91 Å². The molecule has 0 unspecified atom stereocenters. The van der Waals surface area contributed by atoms with Gasteiger partial charge < -0.3 is 14.6 Å². The average molecular weight is 311 g/mol. The van der Waals surface area contributed by atoms with Crippen LogP contribution < -0.4 is 10.1 Å². The van der Waals surface area contributed by atoms with Crippen LogP contribution in [0.2, 0.25) is 0 Å². The van der Waals surface area contributed by atoms with Crippen LogP contribution in [0.5, 0.6) is 5.75 Å². The van der Waals surface area contributed by atoms with E-state index in [0.717, 1.165) is 16.6 Å². The van der Waals surface area contributed by atoms with Crippen molar-refractivity contribution in [1.29, 1.82) is 0 Å². The largest absolute Gasteiger partial charge is 0.479 e. The van der Waals surface area contributed by atoms with Crippen LogP contribution >= 0.6 is 0 Å². The van der Waals surface area contributed by atoms with Gasteiger partial charge in [-0.15, -0.1) is 0 Å². The van der Waals surface area contributed by atoms with E-state index >= 15 is 0 Å². The summed E-state index contributed by atoms with van der Waals surface area (Å²) in [7, 11) is 0. The Balaban J connectivity index is 1.78. The summed E-state index contributed by atoms with van der Waals surface area (Å²) in [5.74, 6) is 1.27. The maximum atomic E-state index is 12.2. The molecule has 6 heteroatoms. The van der Waals surface area contributed by atoms with Gasteiger partial charge in [0.05, 0.1) is 0 Å². The van der Waals surface area contributed by atoms with Crippen LogP contribution in [-0.4, -0.2) is 22.2 Å². The van der Waals surface area contributed by atoms with Gasteiger partial charge in [0.15, 0.2) is 11.9 Å². The Kier molecular flexibility index (Phi) is 3.97. The first-order valence-electron chi connectivity index (χ1n) is 7.30. The molecule has 0 saturated heterocycles. The molecule has 0 saturated carbocycles. The molecule has 2 aromatic heterocycles. The van der Waals surface area contributed by atoms with Crippen molar-refractivity contribution in [3.63, 3.8) is 0 Å². The highest BCUT2D eigenvalue weighted by molar-refractivity contribution is 5.93. The van der Waals surface area contributed by atoms with Gasteiger partial charge in [-0.2, -0.15) is 0 Å². The number of carbonyl (C=O) groups excluding carboxylic acids is 1. The Morgan fingerprint density at radius 1 is 1.26 bits per heavy atom. The van der Waals surface area contributed by atoms with Gasteiger partial charge in [-0.3, -0.25) is 4.79 Å². The van der Waals surface area contributed by atoms with Gasteiger partial charge in [-0.1, -0.05) is 23.4 Å². The smallest absolute Gasteiger partial charge is 0.266 e. The number of nitrogens with one attached hydrogen (secondary N) is 1. The second kappa shape index (κ2) is 6.08. The Morgan fingerprint density at radius 3 is 2.83 bits per heavy atom. The number of fused-ring (bicyclic) bond motifs is 1. The summed E-state index contributed by atoms with van der Waals surface area (Å²) in [6.07, 6.45) is -0.695. The van der Waals surface area contributed by atoms with Crippen molar-refractivity contribution in [3.05, 3.63) is 47.9 Å². The van der Waals surface area contributed by atoms with E-state index < -0.39 is 6.10 Å². The van der Waals surface area contributed by atoms with Crippen molar-refractivity contribution in [3.8, 4) is 5.75 Å². The van der Waals surface area contributed by atoms with Crippen LogP contribution in [0.1, 0.15) is 18.4 Å². The maximum Gasteiger partial charge on any atom is 0.266 e. The summed E-state index contributed by atoms with van der Waals surface area (Å²) < 4.78 is 10.7. The summed E-state index contributed by atoms with van der Waals surface area (Å²) in [4.78, 5) is 16.7. The SMILES string of the molecule is Cc1ccc2cccc(O[C@@H](C)C(=O)Nc3cc(C)on3)c2n1. The molecular weight excluding hydrogens is 294 g/mol. The molecule has 0 radical (unpaired) electrons. The van der Waals surface area contributed by atoms with E-state index in [0.29, 0.717) is 17.3 Å². The van der Waals surface area contributed by atoms with Gasteiger partial charge in [-0.25, -0.2) is 4.98 Å². The van der Waals surface area contributed by atoms with Gasteiger partial charge >= 0.3 is 0 Å². The molecule has 6 nitrogen and oxygen atoms in total. The summed E-state index contributed by atoms with van der Waals surface area (Å²) in [5.41, 5.74) is 1.63. The van der Waals surface area contributed by atoms with Crippen LogP contribution in [0.4, 0.5) is 5.82 Å². The van der Waals surface area contributed by atoms with Gasteiger partial charge in [0, 0.05) is 17.1 Å². The van der Waals surface area contributed by atoms with Crippen molar-refractivity contribution in [2.24, 2.45) is 0 Å². The van der Waals surface area contributed by atoms with Crippen molar-refractivity contribution in [2.45, 2.75) is 26.9 Å². The molecule has 118 valence electrons. The first-order valence-corrected chi connectivity index (χ1v) is 7.30. The minimum absolute atomic E-state index is 0.303. The second-order valence-corrected chi connectivity index (χ2v) is 5.35. The summed E-state index contributed by atoms with van der Waals surface area (Å²) in [6.45, 7) is 5.35. The van der Waals surface area contributed by atoms with E-state index in [-0.39, 0.29) is 5.91 Å². The zero-order valence-electron chi connectivity index (χ0n) is 13.2. The molecule has 3 rings (SSSR count). The first-order chi connectivity index (χ1) is 11.0. The van der Waals surface area contributed by atoms with Crippen molar-refractivity contribution in [1.82, 2.24) is 10.1 Å². The van der Waals surface area contributed by atoms with E-state index in [4.69, 9.17) is 9.26 Å². The molecule has 3 aromatic rings. The lowest BCUT2D eigenvalue weighted by Crippen LogP contribution is -2.30. The second-order valence-electron chi connectivity index (χ2n) is 5.35. The van der Waals surface area contributed by atoms with Crippen molar-refractivity contribution >= 4 is 22.6 Å².